The Morgan fingerprint density at radius 3 is 2.60 bits per heavy atom. The zero-order valence-corrected chi connectivity index (χ0v) is 17.1. The van der Waals surface area contributed by atoms with Gasteiger partial charge in [-0.3, -0.25) is 14.9 Å². The number of hydrogen-bond donors (Lipinski definition) is 4. The lowest BCUT2D eigenvalue weighted by Crippen LogP contribution is -2.51. The van der Waals surface area contributed by atoms with Crippen molar-refractivity contribution in [3.63, 3.8) is 0 Å². The van der Waals surface area contributed by atoms with Gasteiger partial charge in [0.15, 0.2) is 10.9 Å². The van der Waals surface area contributed by atoms with E-state index < -0.39 is 28.3 Å². The number of nitro benzene ring substituents is 1. The van der Waals surface area contributed by atoms with Gasteiger partial charge in [-0.05, 0) is 42.9 Å². The number of methoxy groups -OCH3 is 1. The molecule has 1 aliphatic rings. The molecule has 1 saturated heterocycles. The third-order valence-corrected chi connectivity index (χ3v) is 4.94. The van der Waals surface area contributed by atoms with Gasteiger partial charge in [-0.25, -0.2) is 0 Å². The molecule has 2 atom stereocenters. The molecule has 0 aromatic heterocycles. The quantitative estimate of drug-likeness (QED) is 0.325. The van der Waals surface area contributed by atoms with E-state index in [0.717, 1.165) is 5.56 Å². The monoisotopic (exact) mass is 428 g/mol. The van der Waals surface area contributed by atoms with Gasteiger partial charge in [0.2, 0.25) is 11.7 Å². The van der Waals surface area contributed by atoms with Crippen molar-refractivity contribution in [2.45, 2.75) is 13.0 Å². The normalized spacial score (nSPS) is 18.2. The number of carbonyl (C=O) groups excluding carboxylic acids is 1. The smallest absolute Gasteiger partial charge is 0.315 e. The number of phenols is 1. The van der Waals surface area contributed by atoms with E-state index in [4.69, 9.17) is 17.0 Å². The minimum absolute atomic E-state index is 0.0891. The zero-order chi connectivity index (χ0) is 22.0. The Bertz CT molecular complexity index is 1040. The number of aryl methyl sites for hydroxylation is 1. The highest BCUT2D eigenvalue weighted by molar-refractivity contribution is 7.80. The fraction of sp³-hybridized carbons (Fsp3) is 0.200. The molecule has 1 aliphatic heterocycles. The molecule has 0 unspecified atom stereocenters. The van der Waals surface area contributed by atoms with Gasteiger partial charge in [0.25, 0.3) is 0 Å². The van der Waals surface area contributed by atoms with Gasteiger partial charge in [-0.1, -0.05) is 24.3 Å². The fourth-order valence-electron chi connectivity index (χ4n) is 3.22. The second-order valence-electron chi connectivity index (χ2n) is 6.78. The molecule has 4 N–H and O–H groups in total. The Morgan fingerprint density at radius 1 is 1.33 bits per heavy atom. The summed E-state index contributed by atoms with van der Waals surface area (Å²) in [6.07, 6.45) is 0. The number of amides is 1. The second kappa shape index (κ2) is 8.37. The molecule has 0 spiro atoms. The van der Waals surface area contributed by atoms with Gasteiger partial charge in [0.05, 0.1) is 18.1 Å². The minimum Gasteiger partial charge on any atom is -0.500 e. The Kier molecular flexibility index (Phi) is 5.88. The van der Waals surface area contributed by atoms with Crippen molar-refractivity contribution in [2.24, 2.45) is 5.92 Å². The van der Waals surface area contributed by atoms with Crippen LogP contribution in [-0.4, -0.2) is 28.2 Å². The molecule has 1 heterocycles. The first-order valence-electron chi connectivity index (χ1n) is 8.90. The molecular formula is C20H20N4O5S. The topological polar surface area (TPSA) is 126 Å². The molecule has 3 rings (SSSR count). The molecule has 156 valence electrons. The maximum atomic E-state index is 13.1. The molecule has 2 aromatic carbocycles. The number of nitro groups is 1. The SMILES string of the molecule is C=C1NC(=S)N[C@H](c2cc(OC)c(O)c([N+](=O)[O-])c2)[C@H]1C(=O)Nc1ccc(C)cc1. The van der Waals surface area contributed by atoms with Crippen molar-refractivity contribution in [2.75, 3.05) is 12.4 Å². The Balaban J connectivity index is 2.01. The van der Waals surface area contributed by atoms with Gasteiger partial charge in [0.1, 0.15) is 5.92 Å². The summed E-state index contributed by atoms with van der Waals surface area (Å²) in [5, 5.41) is 30.3. The average molecular weight is 428 g/mol. The largest absolute Gasteiger partial charge is 0.500 e. The molecule has 0 saturated carbocycles. The van der Waals surface area contributed by atoms with E-state index in [2.05, 4.69) is 22.5 Å². The first-order valence-corrected chi connectivity index (χ1v) is 9.31. The number of rotatable bonds is 5. The van der Waals surface area contributed by atoms with Crippen LogP contribution in [0.2, 0.25) is 0 Å². The van der Waals surface area contributed by atoms with Gasteiger partial charge < -0.3 is 25.8 Å². The summed E-state index contributed by atoms with van der Waals surface area (Å²) in [5.74, 6) is -1.92. The van der Waals surface area contributed by atoms with Crippen LogP contribution in [0.15, 0.2) is 48.7 Å². The van der Waals surface area contributed by atoms with Crippen molar-refractivity contribution >= 4 is 34.6 Å². The van der Waals surface area contributed by atoms with Crippen LogP contribution in [0.4, 0.5) is 11.4 Å². The molecule has 10 heteroatoms. The fourth-order valence-corrected chi connectivity index (χ4v) is 3.47. The maximum absolute atomic E-state index is 13.1. The van der Waals surface area contributed by atoms with Crippen molar-refractivity contribution in [1.82, 2.24) is 10.6 Å². The van der Waals surface area contributed by atoms with Crippen molar-refractivity contribution < 1.29 is 19.6 Å². The number of benzene rings is 2. The first-order chi connectivity index (χ1) is 14.2. The van der Waals surface area contributed by atoms with E-state index in [1.807, 2.05) is 19.1 Å². The molecule has 9 nitrogen and oxygen atoms in total. The zero-order valence-electron chi connectivity index (χ0n) is 16.3. The number of nitrogens with one attached hydrogen (secondary N) is 3. The molecule has 1 fully saturated rings. The Labute approximate surface area is 177 Å². The van der Waals surface area contributed by atoms with Crippen LogP contribution in [0.5, 0.6) is 11.5 Å². The highest BCUT2D eigenvalue weighted by atomic mass is 32.1. The number of ether oxygens (including phenoxy) is 1. The number of thiocarbonyl (C=S) groups is 1. The predicted octanol–water partition coefficient (Wildman–Crippen LogP) is 2.90. The van der Waals surface area contributed by atoms with Crippen LogP contribution in [-0.2, 0) is 4.79 Å². The number of nitrogens with zero attached hydrogens (tertiary/aromatic N) is 1. The highest BCUT2D eigenvalue weighted by Gasteiger charge is 2.38. The highest BCUT2D eigenvalue weighted by Crippen LogP contribution is 2.41. The van der Waals surface area contributed by atoms with Crippen LogP contribution in [0.1, 0.15) is 17.2 Å². The molecule has 2 aromatic rings. The van der Waals surface area contributed by atoms with Gasteiger partial charge in [-0.15, -0.1) is 0 Å². The van der Waals surface area contributed by atoms with Gasteiger partial charge in [0, 0.05) is 17.5 Å². The standard InChI is InChI=1S/C20H20N4O5S/c1-10-4-6-13(7-5-10)22-19(26)16-11(2)21-20(30)23-17(16)12-8-14(24(27)28)18(25)15(9-12)29-3/h4-9,16-17,25H,2H2,1,3H3,(H,22,26)(H2,21,23,30)/t16-,17+/m0/s1. The predicted molar refractivity (Wildman–Crippen MR) is 115 cm³/mol. The lowest BCUT2D eigenvalue weighted by molar-refractivity contribution is -0.386. The van der Waals surface area contributed by atoms with E-state index in [-0.39, 0.29) is 16.8 Å². The van der Waals surface area contributed by atoms with E-state index in [1.54, 1.807) is 12.1 Å². The van der Waals surface area contributed by atoms with Crippen molar-refractivity contribution in [1.29, 1.82) is 0 Å². The molecule has 0 radical (unpaired) electrons. The molecule has 0 bridgehead atoms. The van der Waals surface area contributed by atoms with Crippen molar-refractivity contribution in [3.8, 4) is 11.5 Å². The lowest BCUT2D eigenvalue weighted by atomic mass is 9.87. The summed E-state index contributed by atoms with van der Waals surface area (Å²) in [5.41, 5.74) is 1.78. The number of aromatic hydroxyl groups is 1. The third kappa shape index (κ3) is 4.18. The number of carbonyl (C=O) groups is 1. The molecular weight excluding hydrogens is 408 g/mol. The van der Waals surface area contributed by atoms with E-state index >= 15 is 0 Å². The summed E-state index contributed by atoms with van der Waals surface area (Å²) in [4.78, 5) is 23.7. The van der Waals surface area contributed by atoms with Crippen LogP contribution in [0.25, 0.3) is 0 Å². The van der Waals surface area contributed by atoms with Gasteiger partial charge >= 0.3 is 5.69 Å². The molecule has 0 aliphatic carbocycles. The number of phenolic OH excluding ortho intramolecular Hbond substituents is 1. The first kappa shape index (κ1) is 21.1. The van der Waals surface area contributed by atoms with Gasteiger partial charge in [-0.2, -0.15) is 0 Å². The minimum atomic E-state index is -0.855. The van der Waals surface area contributed by atoms with E-state index in [0.29, 0.717) is 16.9 Å². The summed E-state index contributed by atoms with van der Waals surface area (Å²) in [7, 11) is 1.28. The van der Waals surface area contributed by atoms with Crippen molar-refractivity contribution in [3.05, 3.63) is 69.9 Å². The molecule has 1 amide bonds. The summed E-state index contributed by atoms with van der Waals surface area (Å²) >= 11 is 5.19. The van der Waals surface area contributed by atoms with Crippen LogP contribution >= 0.6 is 12.2 Å². The summed E-state index contributed by atoms with van der Waals surface area (Å²) in [6, 6.07) is 9.10. The van der Waals surface area contributed by atoms with E-state index in [9.17, 15) is 20.0 Å². The van der Waals surface area contributed by atoms with Crippen LogP contribution < -0.4 is 20.7 Å². The van der Waals surface area contributed by atoms with Crippen LogP contribution in [0.3, 0.4) is 0 Å². The third-order valence-electron chi connectivity index (χ3n) is 4.72. The molecule has 30 heavy (non-hydrogen) atoms. The number of anilines is 1. The summed E-state index contributed by atoms with van der Waals surface area (Å²) in [6.45, 7) is 5.84. The average Bonchev–Trinajstić information content (AvgIpc) is 2.69. The summed E-state index contributed by atoms with van der Waals surface area (Å²) < 4.78 is 5.07. The Morgan fingerprint density at radius 2 is 2.00 bits per heavy atom. The van der Waals surface area contributed by atoms with Crippen LogP contribution in [0, 0.1) is 23.0 Å². The second-order valence-corrected chi connectivity index (χ2v) is 7.19. The Hall–Kier alpha value is -3.66. The maximum Gasteiger partial charge on any atom is 0.315 e. The number of hydrogen-bond acceptors (Lipinski definition) is 6. The van der Waals surface area contributed by atoms with E-state index in [1.165, 1.54) is 19.2 Å². The lowest BCUT2D eigenvalue weighted by Gasteiger charge is -2.35.